The van der Waals surface area contributed by atoms with Gasteiger partial charge in [0.15, 0.2) is 0 Å². The SMILES string of the molecule is Cc1ncn(OC(=O)c2cc3[nH]cnc3cc2C(=O)O)c1C. The van der Waals surface area contributed by atoms with Gasteiger partial charge in [0.1, 0.15) is 6.33 Å². The van der Waals surface area contributed by atoms with Crippen LogP contribution >= 0.6 is 0 Å². The third-order valence-electron chi connectivity index (χ3n) is 3.40. The Labute approximate surface area is 124 Å². The molecule has 3 aromatic rings. The number of hydrogen-bond acceptors (Lipinski definition) is 5. The van der Waals surface area contributed by atoms with Crippen LogP contribution in [0.25, 0.3) is 11.0 Å². The molecule has 0 saturated carbocycles. The van der Waals surface area contributed by atoms with Gasteiger partial charge in [0.25, 0.3) is 0 Å². The van der Waals surface area contributed by atoms with E-state index in [4.69, 9.17) is 4.84 Å². The lowest BCUT2D eigenvalue weighted by Gasteiger charge is -2.08. The Morgan fingerprint density at radius 3 is 2.64 bits per heavy atom. The molecule has 0 fully saturated rings. The smallest absolute Gasteiger partial charge is 0.364 e. The van der Waals surface area contributed by atoms with Crippen LogP contribution in [0.2, 0.25) is 0 Å². The van der Waals surface area contributed by atoms with Crippen molar-refractivity contribution in [3.05, 3.63) is 47.3 Å². The summed E-state index contributed by atoms with van der Waals surface area (Å²) in [6, 6.07) is 2.74. The van der Waals surface area contributed by atoms with Crippen LogP contribution < -0.4 is 4.84 Å². The van der Waals surface area contributed by atoms with E-state index in [1.165, 1.54) is 29.5 Å². The molecule has 112 valence electrons. The highest BCUT2D eigenvalue weighted by Gasteiger charge is 2.21. The first-order chi connectivity index (χ1) is 10.5. The average molecular weight is 300 g/mol. The summed E-state index contributed by atoms with van der Waals surface area (Å²) >= 11 is 0. The molecule has 0 atom stereocenters. The largest absolute Gasteiger partial charge is 0.478 e. The van der Waals surface area contributed by atoms with Crippen LogP contribution in [-0.2, 0) is 0 Å². The van der Waals surface area contributed by atoms with Crippen molar-refractivity contribution >= 4 is 23.0 Å². The number of aryl methyl sites for hydroxylation is 1. The maximum Gasteiger partial charge on any atom is 0.364 e. The zero-order chi connectivity index (χ0) is 15.9. The van der Waals surface area contributed by atoms with Gasteiger partial charge >= 0.3 is 11.9 Å². The van der Waals surface area contributed by atoms with Crippen LogP contribution in [0, 0.1) is 13.8 Å². The number of H-pyrrole nitrogens is 1. The summed E-state index contributed by atoms with van der Waals surface area (Å²) in [6.07, 6.45) is 2.78. The maximum absolute atomic E-state index is 12.3. The third-order valence-corrected chi connectivity index (χ3v) is 3.40. The number of fused-ring (bicyclic) bond motifs is 1. The lowest BCUT2D eigenvalue weighted by molar-refractivity contribution is 0.0442. The lowest BCUT2D eigenvalue weighted by atomic mass is 10.1. The Morgan fingerprint density at radius 2 is 2.00 bits per heavy atom. The Balaban J connectivity index is 2.04. The number of aromatic amines is 1. The number of aromatic nitrogens is 4. The molecule has 0 bridgehead atoms. The number of rotatable bonds is 3. The van der Waals surface area contributed by atoms with Crippen LogP contribution in [0.5, 0.6) is 0 Å². The van der Waals surface area contributed by atoms with Crippen molar-refractivity contribution in [1.82, 2.24) is 19.7 Å². The molecule has 0 radical (unpaired) electrons. The van der Waals surface area contributed by atoms with Crippen molar-refractivity contribution in [2.45, 2.75) is 13.8 Å². The Kier molecular flexibility index (Phi) is 3.13. The van der Waals surface area contributed by atoms with Gasteiger partial charge in [-0.2, -0.15) is 4.73 Å². The summed E-state index contributed by atoms with van der Waals surface area (Å²) in [5.74, 6) is -2.01. The van der Waals surface area contributed by atoms with Crippen LogP contribution in [0.3, 0.4) is 0 Å². The summed E-state index contributed by atoms with van der Waals surface area (Å²) in [6.45, 7) is 3.52. The maximum atomic E-state index is 12.3. The topological polar surface area (TPSA) is 110 Å². The number of carbonyl (C=O) groups is 2. The van der Waals surface area contributed by atoms with E-state index in [1.807, 2.05) is 0 Å². The molecule has 0 amide bonds. The second-order valence-electron chi connectivity index (χ2n) is 4.74. The second kappa shape index (κ2) is 4.99. The molecule has 0 aliphatic rings. The summed E-state index contributed by atoms with van der Waals surface area (Å²) in [5.41, 5.74) is 2.16. The van der Waals surface area contributed by atoms with Gasteiger partial charge in [0, 0.05) is 0 Å². The van der Waals surface area contributed by atoms with E-state index < -0.39 is 11.9 Å². The van der Waals surface area contributed by atoms with Gasteiger partial charge in [-0.05, 0) is 26.0 Å². The Morgan fingerprint density at radius 1 is 1.23 bits per heavy atom. The molecule has 3 rings (SSSR count). The first-order valence-corrected chi connectivity index (χ1v) is 6.41. The highest BCUT2D eigenvalue weighted by molar-refractivity contribution is 6.05. The van der Waals surface area contributed by atoms with Gasteiger partial charge < -0.3 is 14.9 Å². The number of imidazole rings is 2. The number of carboxylic acid groups (broad SMARTS) is 1. The quantitative estimate of drug-likeness (QED) is 0.755. The molecule has 0 aliphatic heterocycles. The van der Waals surface area contributed by atoms with Gasteiger partial charge in [-0.3, -0.25) is 0 Å². The summed E-state index contributed by atoms with van der Waals surface area (Å²) in [5, 5.41) is 9.27. The summed E-state index contributed by atoms with van der Waals surface area (Å²) < 4.78 is 1.21. The van der Waals surface area contributed by atoms with Gasteiger partial charge in [-0.25, -0.2) is 19.6 Å². The first-order valence-electron chi connectivity index (χ1n) is 6.41. The van der Waals surface area contributed by atoms with Gasteiger partial charge in [-0.1, -0.05) is 0 Å². The van der Waals surface area contributed by atoms with Crippen LogP contribution in [0.15, 0.2) is 24.8 Å². The number of carboxylic acids is 1. The zero-order valence-corrected chi connectivity index (χ0v) is 11.8. The molecular weight excluding hydrogens is 288 g/mol. The summed E-state index contributed by atoms with van der Waals surface area (Å²) in [4.78, 5) is 39.7. The molecule has 0 unspecified atom stereocenters. The predicted molar refractivity (Wildman–Crippen MR) is 75.7 cm³/mol. The van der Waals surface area contributed by atoms with Gasteiger partial charge in [0.05, 0.1) is 39.9 Å². The van der Waals surface area contributed by atoms with Crippen LogP contribution in [0.1, 0.15) is 32.1 Å². The molecule has 2 N–H and O–H groups in total. The number of carbonyl (C=O) groups excluding carboxylic acids is 1. The summed E-state index contributed by atoms with van der Waals surface area (Å²) in [7, 11) is 0. The number of nitrogens with one attached hydrogen (secondary N) is 1. The van der Waals surface area contributed by atoms with E-state index in [2.05, 4.69) is 15.0 Å². The zero-order valence-electron chi connectivity index (χ0n) is 11.8. The van der Waals surface area contributed by atoms with E-state index in [-0.39, 0.29) is 11.1 Å². The van der Waals surface area contributed by atoms with Crippen molar-refractivity contribution in [3.63, 3.8) is 0 Å². The van der Waals surface area contributed by atoms with E-state index in [0.29, 0.717) is 16.7 Å². The van der Waals surface area contributed by atoms with E-state index in [0.717, 1.165) is 5.69 Å². The average Bonchev–Trinajstić information content (AvgIpc) is 3.06. The van der Waals surface area contributed by atoms with Gasteiger partial charge in [-0.15, -0.1) is 0 Å². The molecule has 2 heterocycles. The third kappa shape index (κ3) is 2.20. The second-order valence-corrected chi connectivity index (χ2v) is 4.74. The molecule has 0 spiro atoms. The first kappa shape index (κ1) is 13.8. The molecule has 0 saturated heterocycles. The van der Waals surface area contributed by atoms with E-state index >= 15 is 0 Å². The number of aromatic carboxylic acids is 1. The van der Waals surface area contributed by atoms with Crippen molar-refractivity contribution < 1.29 is 19.5 Å². The number of hydrogen-bond donors (Lipinski definition) is 2. The normalized spacial score (nSPS) is 10.8. The van der Waals surface area contributed by atoms with Crippen molar-refractivity contribution in [1.29, 1.82) is 0 Å². The lowest BCUT2D eigenvalue weighted by Crippen LogP contribution is -2.22. The minimum absolute atomic E-state index is 0.0602. The van der Waals surface area contributed by atoms with Gasteiger partial charge in [0.2, 0.25) is 0 Å². The minimum atomic E-state index is -1.23. The van der Waals surface area contributed by atoms with Crippen LogP contribution in [0.4, 0.5) is 0 Å². The van der Waals surface area contributed by atoms with E-state index in [1.54, 1.807) is 13.8 Å². The number of nitrogens with zero attached hydrogens (tertiary/aromatic N) is 3. The predicted octanol–water partition coefficient (Wildman–Crippen LogP) is 1.34. The molecule has 2 aromatic heterocycles. The number of benzene rings is 1. The monoisotopic (exact) mass is 300 g/mol. The van der Waals surface area contributed by atoms with E-state index in [9.17, 15) is 14.7 Å². The fourth-order valence-electron chi connectivity index (χ4n) is 2.04. The fraction of sp³-hybridized carbons (Fsp3) is 0.143. The fourth-order valence-corrected chi connectivity index (χ4v) is 2.04. The molecule has 8 nitrogen and oxygen atoms in total. The Bertz CT molecular complexity index is 894. The van der Waals surface area contributed by atoms with Crippen molar-refractivity contribution in [3.8, 4) is 0 Å². The standard InChI is InChI=1S/C14H12N4O4/c1-7-8(2)18(6-17-7)22-14(21)10-4-12-11(15-5-16-12)3-9(10)13(19)20/h3-6H,1-2H3,(H,15,16)(H,19,20). The molecule has 1 aromatic carbocycles. The molecule has 8 heteroatoms. The van der Waals surface area contributed by atoms with Crippen LogP contribution in [-0.4, -0.2) is 36.7 Å². The minimum Gasteiger partial charge on any atom is -0.478 e. The highest BCUT2D eigenvalue weighted by Crippen LogP contribution is 2.18. The van der Waals surface area contributed by atoms with Crippen molar-refractivity contribution in [2.75, 3.05) is 0 Å². The molecule has 22 heavy (non-hydrogen) atoms. The molecular formula is C14H12N4O4. The Hall–Kier alpha value is -3.16. The molecule has 0 aliphatic carbocycles. The highest BCUT2D eigenvalue weighted by atomic mass is 16.7. The van der Waals surface area contributed by atoms with Crippen molar-refractivity contribution in [2.24, 2.45) is 0 Å².